The number of hydrogen-bond donors (Lipinski definition) is 0. The van der Waals surface area contributed by atoms with Crippen LogP contribution in [0.4, 0.5) is 0 Å². The van der Waals surface area contributed by atoms with Crippen molar-refractivity contribution in [3.05, 3.63) is 216 Å². The van der Waals surface area contributed by atoms with Crippen LogP contribution in [0.3, 0.4) is 0 Å². The first kappa shape index (κ1) is 31.0. The minimum absolute atomic E-state index is 0.504. The lowest BCUT2D eigenvalue weighted by Gasteiger charge is -2.40. The molecule has 0 radical (unpaired) electrons. The number of nitrogens with zero attached hydrogens (tertiary/aromatic N) is 2. The first-order chi connectivity index (χ1) is 26.7. The van der Waals surface area contributed by atoms with Crippen molar-refractivity contribution in [1.82, 2.24) is 9.97 Å². The molecule has 9 aromatic rings. The summed E-state index contributed by atoms with van der Waals surface area (Å²) >= 11 is 1.87. The zero-order valence-corrected chi connectivity index (χ0v) is 30.1. The van der Waals surface area contributed by atoms with Gasteiger partial charge in [0.1, 0.15) is 0 Å². The first-order valence-corrected chi connectivity index (χ1v) is 19.2. The van der Waals surface area contributed by atoms with E-state index < -0.39 is 5.41 Å². The second kappa shape index (κ2) is 12.3. The monoisotopic (exact) mass is 704 g/mol. The lowest BCUT2D eigenvalue weighted by Crippen LogP contribution is -2.32. The molecule has 2 aliphatic rings. The summed E-state index contributed by atoms with van der Waals surface area (Å²) in [6, 6.07) is 70.2. The SMILES string of the molecule is c1ccc(-c2ccc(-c3cc(-c4ccccc4)nc(-c4ccc5c(c4)C4(c6cc7ccccc7cc6S5)c5ccccc5-c5ccccc54)n3)cc2)cc1. The maximum atomic E-state index is 5.32. The van der Waals surface area contributed by atoms with Gasteiger partial charge < -0.3 is 0 Å². The van der Waals surface area contributed by atoms with Crippen molar-refractivity contribution in [3.8, 4) is 56.2 Å². The van der Waals surface area contributed by atoms with Crippen LogP contribution >= 0.6 is 11.8 Å². The van der Waals surface area contributed by atoms with Crippen molar-refractivity contribution < 1.29 is 0 Å². The Kier molecular flexibility index (Phi) is 7.05. The van der Waals surface area contributed by atoms with Gasteiger partial charge in [0, 0.05) is 26.5 Å². The molecule has 0 bridgehead atoms. The Hall–Kier alpha value is -6.55. The minimum atomic E-state index is -0.504. The number of rotatable bonds is 4. The molecule has 54 heavy (non-hydrogen) atoms. The Balaban J connectivity index is 1.14. The molecule has 1 aliphatic heterocycles. The van der Waals surface area contributed by atoms with Crippen LogP contribution in [0.2, 0.25) is 0 Å². The Labute approximate surface area is 318 Å². The van der Waals surface area contributed by atoms with Crippen molar-refractivity contribution in [2.45, 2.75) is 15.2 Å². The Morgan fingerprint density at radius 2 is 0.815 bits per heavy atom. The highest BCUT2D eigenvalue weighted by atomic mass is 32.2. The standard InChI is InChI=1S/C51H32N2S/c1-3-13-33(14-4-1)34-23-25-36(26-24-34)47-32-46(35-15-5-2-6-16-35)52-50(53-47)39-27-28-48-44(30-39)51(45-29-37-17-7-8-18-38(37)31-49(45)54-48)42-21-11-9-19-40(42)41-20-10-12-22-43(41)51/h1-32H. The van der Waals surface area contributed by atoms with Crippen LogP contribution in [0, 0.1) is 0 Å². The first-order valence-electron chi connectivity index (χ1n) is 18.4. The predicted molar refractivity (Wildman–Crippen MR) is 223 cm³/mol. The molecule has 2 heterocycles. The van der Waals surface area contributed by atoms with Crippen LogP contribution in [0.15, 0.2) is 204 Å². The van der Waals surface area contributed by atoms with Crippen LogP contribution in [0.5, 0.6) is 0 Å². The molecule has 0 amide bonds. The lowest BCUT2D eigenvalue weighted by molar-refractivity contribution is 0.724. The summed E-state index contributed by atoms with van der Waals surface area (Å²) in [5.74, 6) is 0.713. The molecule has 0 atom stereocenters. The second-order valence-corrected chi connectivity index (χ2v) is 15.2. The lowest BCUT2D eigenvalue weighted by atomic mass is 9.67. The maximum Gasteiger partial charge on any atom is 0.160 e. The molecule has 1 aliphatic carbocycles. The van der Waals surface area contributed by atoms with Crippen LogP contribution in [0.25, 0.3) is 66.9 Å². The molecule has 1 spiro atoms. The Morgan fingerprint density at radius 1 is 0.333 bits per heavy atom. The predicted octanol–water partition coefficient (Wildman–Crippen LogP) is 13.1. The molecule has 3 heteroatoms. The maximum absolute atomic E-state index is 5.32. The highest BCUT2D eigenvalue weighted by molar-refractivity contribution is 7.99. The fourth-order valence-corrected chi connectivity index (χ4v) is 9.87. The van der Waals surface area contributed by atoms with E-state index in [1.54, 1.807) is 0 Å². The van der Waals surface area contributed by atoms with Crippen molar-refractivity contribution >= 4 is 22.5 Å². The van der Waals surface area contributed by atoms with Crippen molar-refractivity contribution in [2.75, 3.05) is 0 Å². The topological polar surface area (TPSA) is 25.8 Å². The molecular formula is C51H32N2S. The van der Waals surface area contributed by atoms with E-state index in [0.717, 1.165) is 28.1 Å². The van der Waals surface area contributed by atoms with Gasteiger partial charge in [-0.25, -0.2) is 9.97 Å². The van der Waals surface area contributed by atoms with Gasteiger partial charge in [0.2, 0.25) is 0 Å². The van der Waals surface area contributed by atoms with Crippen LogP contribution in [0.1, 0.15) is 22.3 Å². The van der Waals surface area contributed by atoms with Gasteiger partial charge in [-0.05, 0) is 85.6 Å². The van der Waals surface area contributed by atoms with Crippen molar-refractivity contribution in [1.29, 1.82) is 0 Å². The zero-order chi connectivity index (χ0) is 35.6. The zero-order valence-electron chi connectivity index (χ0n) is 29.3. The Morgan fingerprint density at radius 3 is 1.48 bits per heavy atom. The smallest absolute Gasteiger partial charge is 0.160 e. The third-order valence-electron chi connectivity index (χ3n) is 11.1. The molecule has 8 aromatic carbocycles. The largest absolute Gasteiger partial charge is 0.228 e. The summed E-state index contributed by atoms with van der Waals surface area (Å²) in [4.78, 5) is 13.2. The van der Waals surface area contributed by atoms with E-state index in [9.17, 15) is 0 Å². The van der Waals surface area contributed by atoms with Gasteiger partial charge in [0.15, 0.2) is 5.82 Å². The van der Waals surface area contributed by atoms with E-state index in [2.05, 4.69) is 188 Å². The average Bonchev–Trinajstić information content (AvgIpc) is 3.54. The van der Waals surface area contributed by atoms with Gasteiger partial charge in [-0.15, -0.1) is 0 Å². The molecule has 0 fully saturated rings. The number of fused-ring (bicyclic) bond motifs is 10. The molecule has 0 saturated heterocycles. The van der Waals surface area contributed by atoms with E-state index in [1.807, 2.05) is 17.8 Å². The third kappa shape index (κ3) is 4.75. The van der Waals surface area contributed by atoms with Gasteiger partial charge in [-0.3, -0.25) is 0 Å². The third-order valence-corrected chi connectivity index (χ3v) is 12.3. The quantitative estimate of drug-likeness (QED) is 0.182. The second-order valence-electron chi connectivity index (χ2n) is 14.1. The Bertz CT molecular complexity index is 2850. The van der Waals surface area contributed by atoms with Crippen LogP contribution in [-0.2, 0) is 5.41 Å². The average molecular weight is 705 g/mol. The van der Waals surface area contributed by atoms with Gasteiger partial charge in [-0.1, -0.05) is 176 Å². The van der Waals surface area contributed by atoms with Crippen molar-refractivity contribution in [2.24, 2.45) is 0 Å². The fourth-order valence-electron chi connectivity index (χ4n) is 8.67. The number of benzene rings is 8. The molecule has 252 valence electrons. The molecular weight excluding hydrogens is 673 g/mol. The summed E-state index contributed by atoms with van der Waals surface area (Å²) in [7, 11) is 0. The van der Waals surface area contributed by atoms with Crippen LogP contribution < -0.4 is 0 Å². The van der Waals surface area contributed by atoms with Gasteiger partial charge >= 0.3 is 0 Å². The fraction of sp³-hybridized carbons (Fsp3) is 0.0196. The normalized spacial score (nSPS) is 13.3. The number of hydrogen-bond acceptors (Lipinski definition) is 3. The number of aromatic nitrogens is 2. The summed E-state index contributed by atoms with van der Waals surface area (Å²) in [5.41, 5.74) is 14.6. The highest BCUT2D eigenvalue weighted by Crippen LogP contribution is 2.62. The highest BCUT2D eigenvalue weighted by Gasteiger charge is 2.50. The van der Waals surface area contributed by atoms with E-state index in [0.29, 0.717) is 5.82 Å². The van der Waals surface area contributed by atoms with Gasteiger partial charge in [0.05, 0.1) is 16.8 Å². The van der Waals surface area contributed by atoms with E-state index in [1.165, 1.54) is 65.1 Å². The molecule has 0 N–H and O–H groups in total. The van der Waals surface area contributed by atoms with Crippen molar-refractivity contribution in [3.63, 3.8) is 0 Å². The molecule has 0 saturated carbocycles. The minimum Gasteiger partial charge on any atom is -0.228 e. The van der Waals surface area contributed by atoms with Crippen LogP contribution in [-0.4, -0.2) is 9.97 Å². The van der Waals surface area contributed by atoms with Gasteiger partial charge in [0.25, 0.3) is 0 Å². The van der Waals surface area contributed by atoms with E-state index >= 15 is 0 Å². The molecule has 0 unspecified atom stereocenters. The molecule has 11 rings (SSSR count). The summed E-state index contributed by atoms with van der Waals surface area (Å²) in [6.45, 7) is 0. The molecule has 2 nitrogen and oxygen atoms in total. The summed E-state index contributed by atoms with van der Waals surface area (Å²) in [6.07, 6.45) is 0. The summed E-state index contributed by atoms with van der Waals surface area (Å²) < 4.78 is 0. The van der Waals surface area contributed by atoms with Gasteiger partial charge in [-0.2, -0.15) is 0 Å². The van der Waals surface area contributed by atoms with E-state index in [4.69, 9.17) is 9.97 Å². The summed E-state index contributed by atoms with van der Waals surface area (Å²) in [5, 5.41) is 2.51. The van der Waals surface area contributed by atoms with E-state index in [-0.39, 0.29) is 0 Å². The molecule has 1 aromatic heterocycles.